The molecule has 0 fully saturated rings. The smallest absolute Gasteiger partial charge is 0.274 e. The molecule has 4 nitrogen and oxygen atoms in total. The van der Waals surface area contributed by atoms with Gasteiger partial charge < -0.3 is 15.0 Å². The van der Waals surface area contributed by atoms with Crippen LogP contribution in [0.5, 0.6) is 5.75 Å². The Balaban J connectivity index is 2.38. The molecule has 0 atom stereocenters. The second-order valence-corrected chi connectivity index (χ2v) is 4.62. The van der Waals surface area contributed by atoms with Crippen molar-refractivity contribution >= 4 is 5.69 Å². The predicted octanol–water partition coefficient (Wildman–Crippen LogP) is 2.10. The van der Waals surface area contributed by atoms with Gasteiger partial charge in [0.2, 0.25) is 0 Å². The number of hydrogen-bond acceptors (Lipinski definition) is 3. The van der Waals surface area contributed by atoms with Crippen LogP contribution in [-0.4, -0.2) is 11.7 Å². The fourth-order valence-corrected chi connectivity index (χ4v) is 2.05. The van der Waals surface area contributed by atoms with Gasteiger partial charge in [-0.1, -0.05) is 12.1 Å². The van der Waals surface area contributed by atoms with Gasteiger partial charge in [-0.25, -0.2) is 0 Å². The molecule has 1 aromatic carbocycles. The van der Waals surface area contributed by atoms with Crippen LogP contribution in [0.2, 0.25) is 0 Å². The highest BCUT2D eigenvalue weighted by molar-refractivity contribution is 5.45. The lowest BCUT2D eigenvalue weighted by Crippen LogP contribution is -2.26. The van der Waals surface area contributed by atoms with Crippen LogP contribution in [0.25, 0.3) is 0 Å². The van der Waals surface area contributed by atoms with Crippen molar-refractivity contribution in [2.45, 2.75) is 20.4 Å². The summed E-state index contributed by atoms with van der Waals surface area (Å²) in [5, 5.41) is 0. The monoisotopic (exact) mass is 258 g/mol. The Morgan fingerprint density at radius 1 is 1.21 bits per heavy atom. The number of nitrogen functional groups attached to an aromatic ring is 1. The summed E-state index contributed by atoms with van der Waals surface area (Å²) in [5.41, 5.74) is 8.76. The van der Waals surface area contributed by atoms with E-state index in [1.807, 2.05) is 44.2 Å². The molecular weight excluding hydrogens is 240 g/mol. The minimum Gasteiger partial charge on any atom is -0.497 e. The molecule has 0 radical (unpaired) electrons. The molecule has 0 saturated carbocycles. The summed E-state index contributed by atoms with van der Waals surface area (Å²) in [6, 6.07) is 9.59. The Bertz CT molecular complexity index is 642. The lowest BCUT2D eigenvalue weighted by atomic mass is 10.1. The van der Waals surface area contributed by atoms with Crippen LogP contribution in [0.1, 0.15) is 16.8 Å². The van der Waals surface area contributed by atoms with Crippen LogP contribution in [0.4, 0.5) is 5.69 Å². The molecule has 2 aromatic rings. The molecule has 1 heterocycles. The first-order valence-corrected chi connectivity index (χ1v) is 6.12. The second kappa shape index (κ2) is 5.18. The second-order valence-electron chi connectivity index (χ2n) is 4.62. The number of ether oxygens (including phenoxy) is 1. The molecule has 0 saturated heterocycles. The van der Waals surface area contributed by atoms with Gasteiger partial charge in [0.15, 0.2) is 0 Å². The van der Waals surface area contributed by atoms with E-state index in [-0.39, 0.29) is 5.56 Å². The normalized spacial score (nSPS) is 10.5. The quantitative estimate of drug-likeness (QED) is 0.917. The summed E-state index contributed by atoms with van der Waals surface area (Å²) in [5.74, 6) is 0.802. The van der Waals surface area contributed by atoms with E-state index in [0.29, 0.717) is 12.2 Å². The molecule has 2 rings (SSSR count). The van der Waals surface area contributed by atoms with Crippen molar-refractivity contribution in [3.63, 3.8) is 0 Å². The van der Waals surface area contributed by atoms with E-state index in [2.05, 4.69) is 0 Å². The molecule has 0 spiro atoms. The molecular formula is C15H18N2O2. The molecule has 0 aliphatic heterocycles. The van der Waals surface area contributed by atoms with Gasteiger partial charge in [0.25, 0.3) is 5.56 Å². The van der Waals surface area contributed by atoms with Crippen molar-refractivity contribution in [2.75, 3.05) is 12.8 Å². The Morgan fingerprint density at radius 3 is 2.42 bits per heavy atom. The third kappa shape index (κ3) is 2.62. The number of benzene rings is 1. The average molecular weight is 258 g/mol. The van der Waals surface area contributed by atoms with Crippen molar-refractivity contribution in [2.24, 2.45) is 0 Å². The van der Waals surface area contributed by atoms with E-state index >= 15 is 0 Å². The standard InChI is InChI=1S/C15H18N2O2/c1-10-8-11(2)17(15(18)14(10)16)9-12-4-6-13(19-3)7-5-12/h4-8H,9,16H2,1-3H3. The number of hydrogen-bond donors (Lipinski definition) is 1. The minimum atomic E-state index is -0.131. The zero-order valence-electron chi connectivity index (χ0n) is 11.4. The van der Waals surface area contributed by atoms with Gasteiger partial charge in [-0.05, 0) is 43.2 Å². The lowest BCUT2D eigenvalue weighted by molar-refractivity contribution is 0.414. The summed E-state index contributed by atoms with van der Waals surface area (Å²) in [7, 11) is 1.63. The molecule has 0 aliphatic carbocycles. The Morgan fingerprint density at radius 2 is 1.84 bits per heavy atom. The summed E-state index contributed by atoms with van der Waals surface area (Å²) in [6.45, 7) is 4.28. The number of aryl methyl sites for hydroxylation is 2. The van der Waals surface area contributed by atoms with Crippen molar-refractivity contribution in [1.82, 2.24) is 4.57 Å². The summed E-state index contributed by atoms with van der Waals surface area (Å²) in [6.07, 6.45) is 0. The van der Waals surface area contributed by atoms with Gasteiger partial charge >= 0.3 is 0 Å². The van der Waals surface area contributed by atoms with Crippen molar-refractivity contribution in [3.8, 4) is 5.75 Å². The predicted molar refractivity (Wildman–Crippen MR) is 76.7 cm³/mol. The molecule has 19 heavy (non-hydrogen) atoms. The SMILES string of the molecule is COc1ccc(Cn2c(C)cc(C)c(N)c2=O)cc1. The highest BCUT2D eigenvalue weighted by Gasteiger charge is 2.07. The summed E-state index contributed by atoms with van der Waals surface area (Å²) < 4.78 is 6.80. The molecule has 2 N–H and O–H groups in total. The van der Waals surface area contributed by atoms with Crippen molar-refractivity contribution in [3.05, 3.63) is 57.5 Å². The molecule has 0 bridgehead atoms. The number of methoxy groups -OCH3 is 1. The van der Waals surface area contributed by atoms with Crippen molar-refractivity contribution < 1.29 is 4.74 Å². The Hall–Kier alpha value is -2.23. The van der Waals surface area contributed by atoms with E-state index < -0.39 is 0 Å². The number of rotatable bonds is 3. The first-order valence-electron chi connectivity index (χ1n) is 6.12. The van der Waals surface area contributed by atoms with Gasteiger partial charge in [0.05, 0.1) is 13.7 Å². The summed E-state index contributed by atoms with van der Waals surface area (Å²) >= 11 is 0. The van der Waals surface area contributed by atoms with Crippen LogP contribution in [0, 0.1) is 13.8 Å². The molecule has 0 unspecified atom stereocenters. The van der Waals surface area contributed by atoms with E-state index in [0.717, 1.165) is 22.6 Å². The lowest BCUT2D eigenvalue weighted by Gasteiger charge is -2.13. The third-order valence-electron chi connectivity index (χ3n) is 3.25. The van der Waals surface area contributed by atoms with Crippen LogP contribution in [0.15, 0.2) is 35.1 Å². The van der Waals surface area contributed by atoms with Gasteiger partial charge in [0.1, 0.15) is 11.4 Å². The van der Waals surface area contributed by atoms with Crippen LogP contribution < -0.4 is 16.0 Å². The molecule has 100 valence electrons. The minimum absolute atomic E-state index is 0.131. The van der Waals surface area contributed by atoms with E-state index in [9.17, 15) is 4.79 Å². The number of nitrogens with two attached hydrogens (primary N) is 1. The van der Waals surface area contributed by atoms with Gasteiger partial charge in [0, 0.05) is 5.69 Å². The van der Waals surface area contributed by atoms with E-state index in [1.165, 1.54) is 0 Å². The van der Waals surface area contributed by atoms with Crippen molar-refractivity contribution in [1.29, 1.82) is 0 Å². The molecule has 4 heteroatoms. The van der Waals surface area contributed by atoms with Gasteiger partial charge in [-0.3, -0.25) is 4.79 Å². The zero-order valence-corrected chi connectivity index (χ0v) is 11.4. The number of nitrogens with zero attached hydrogens (tertiary/aromatic N) is 1. The zero-order chi connectivity index (χ0) is 14.0. The molecule has 0 aliphatic rings. The highest BCUT2D eigenvalue weighted by Crippen LogP contribution is 2.14. The summed E-state index contributed by atoms with van der Waals surface area (Å²) in [4.78, 5) is 12.2. The van der Waals surface area contributed by atoms with Crippen LogP contribution in [-0.2, 0) is 6.54 Å². The maximum atomic E-state index is 12.2. The Labute approximate surface area is 112 Å². The largest absolute Gasteiger partial charge is 0.497 e. The first kappa shape index (κ1) is 13.2. The van der Waals surface area contributed by atoms with Crippen LogP contribution >= 0.6 is 0 Å². The molecule has 1 aromatic heterocycles. The van der Waals surface area contributed by atoms with Crippen LogP contribution in [0.3, 0.4) is 0 Å². The first-order chi connectivity index (χ1) is 9.02. The number of anilines is 1. The van der Waals surface area contributed by atoms with E-state index in [4.69, 9.17) is 10.5 Å². The van der Waals surface area contributed by atoms with Gasteiger partial charge in [-0.15, -0.1) is 0 Å². The van der Waals surface area contributed by atoms with Gasteiger partial charge in [-0.2, -0.15) is 0 Å². The highest BCUT2D eigenvalue weighted by atomic mass is 16.5. The third-order valence-corrected chi connectivity index (χ3v) is 3.25. The van der Waals surface area contributed by atoms with E-state index in [1.54, 1.807) is 11.7 Å². The fraction of sp³-hybridized carbons (Fsp3) is 0.267. The topological polar surface area (TPSA) is 57.2 Å². The maximum Gasteiger partial charge on any atom is 0.274 e. The fourth-order valence-electron chi connectivity index (χ4n) is 2.05. The number of aromatic nitrogens is 1. The maximum absolute atomic E-state index is 12.2. The number of pyridine rings is 1. The molecule has 0 amide bonds. The average Bonchev–Trinajstić information content (AvgIpc) is 2.42. The Kier molecular flexibility index (Phi) is 3.60.